The van der Waals surface area contributed by atoms with Gasteiger partial charge in [0.15, 0.2) is 5.82 Å². The standard InChI is InChI=1S/C14H15N7O/c1-8(17-19-14-16-13(22)9(2)18-20-14)12-15-10-6-4-5-7-11(10)21(12)3/h4-7H,1-3H3,(H2,16,19,20,22)/b17-8-. The van der Waals surface area contributed by atoms with Crippen LogP contribution in [0.3, 0.4) is 0 Å². The molecule has 8 nitrogen and oxygen atoms in total. The molecule has 0 saturated heterocycles. The zero-order valence-corrected chi connectivity index (χ0v) is 12.5. The zero-order valence-electron chi connectivity index (χ0n) is 12.5. The maximum Gasteiger partial charge on any atom is 0.274 e. The van der Waals surface area contributed by atoms with Crippen molar-refractivity contribution in [2.24, 2.45) is 12.1 Å². The number of imidazole rings is 1. The van der Waals surface area contributed by atoms with Gasteiger partial charge in [-0.3, -0.25) is 9.78 Å². The number of anilines is 1. The summed E-state index contributed by atoms with van der Waals surface area (Å²) in [6, 6.07) is 7.85. The summed E-state index contributed by atoms with van der Waals surface area (Å²) in [4.78, 5) is 18.6. The molecule has 8 heteroatoms. The fraction of sp³-hybridized carbons (Fsp3) is 0.214. The molecule has 2 N–H and O–H groups in total. The monoisotopic (exact) mass is 297 g/mol. The SMILES string of the molecule is C/C(=N/Nc1nnc(C)c(=O)[nH]1)c1nc2ccccc2n1C. The minimum absolute atomic E-state index is 0.189. The van der Waals surface area contributed by atoms with Gasteiger partial charge in [0.05, 0.1) is 11.0 Å². The summed E-state index contributed by atoms with van der Waals surface area (Å²) in [6.07, 6.45) is 0. The molecule has 0 unspecified atom stereocenters. The number of aryl methyl sites for hydroxylation is 2. The second kappa shape index (κ2) is 5.40. The van der Waals surface area contributed by atoms with Crippen LogP contribution < -0.4 is 11.0 Å². The molecule has 3 rings (SSSR count). The van der Waals surface area contributed by atoms with Crippen molar-refractivity contribution >= 4 is 22.7 Å². The Morgan fingerprint density at radius 2 is 2.09 bits per heavy atom. The molecule has 0 aliphatic heterocycles. The molecule has 0 aliphatic rings. The van der Waals surface area contributed by atoms with Gasteiger partial charge in [-0.2, -0.15) is 5.10 Å². The average Bonchev–Trinajstić information content (AvgIpc) is 2.86. The highest BCUT2D eigenvalue weighted by atomic mass is 16.1. The number of rotatable bonds is 3. The number of aromatic nitrogens is 5. The van der Waals surface area contributed by atoms with Crippen LogP contribution in [0.4, 0.5) is 5.95 Å². The van der Waals surface area contributed by atoms with Gasteiger partial charge in [-0.25, -0.2) is 10.4 Å². The van der Waals surface area contributed by atoms with Gasteiger partial charge >= 0.3 is 0 Å². The Kier molecular flexibility index (Phi) is 3.42. The first kappa shape index (κ1) is 13.9. The van der Waals surface area contributed by atoms with E-state index in [9.17, 15) is 4.79 Å². The molecule has 1 aromatic carbocycles. The lowest BCUT2D eigenvalue weighted by atomic mass is 10.3. The molecule has 0 radical (unpaired) electrons. The van der Waals surface area contributed by atoms with Crippen molar-refractivity contribution in [1.82, 2.24) is 24.7 Å². The van der Waals surface area contributed by atoms with Crippen LogP contribution in [0.5, 0.6) is 0 Å². The molecule has 0 aliphatic carbocycles. The predicted molar refractivity (Wildman–Crippen MR) is 83.9 cm³/mol. The van der Waals surface area contributed by atoms with E-state index in [2.05, 4.69) is 30.7 Å². The minimum atomic E-state index is -0.298. The van der Waals surface area contributed by atoms with Gasteiger partial charge in [0.25, 0.3) is 5.56 Å². The number of hydrogen-bond acceptors (Lipinski definition) is 6. The van der Waals surface area contributed by atoms with Crippen LogP contribution in [0, 0.1) is 6.92 Å². The molecule has 112 valence electrons. The number of nitrogens with zero attached hydrogens (tertiary/aromatic N) is 5. The summed E-state index contributed by atoms with van der Waals surface area (Å²) < 4.78 is 1.96. The van der Waals surface area contributed by atoms with E-state index in [0.29, 0.717) is 11.4 Å². The van der Waals surface area contributed by atoms with E-state index in [1.54, 1.807) is 6.92 Å². The molecule has 2 aromatic heterocycles. The topological polar surface area (TPSA) is 101 Å². The Hall–Kier alpha value is -3.03. The lowest BCUT2D eigenvalue weighted by Crippen LogP contribution is -2.16. The molecule has 0 atom stereocenters. The normalized spacial score (nSPS) is 11.9. The van der Waals surface area contributed by atoms with Crippen molar-refractivity contribution in [2.75, 3.05) is 5.43 Å². The lowest BCUT2D eigenvalue weighted by Gasteiger charge is -2.03. The number of H-pyrrole nitrogens is 1. The van der Waals surface area contributed by atoms with Crippen LogP contribution in [0.2, 0.25) is 0 Å². The number of aromatic amines is 1. The highest BCUT2D eigenvalue weighted by Gasteiger charge is 2.10. The van der Waals surface area contributed by atoms with Gasteiger partial charge in [-0.15, -0.1) is 10.2 Å². The van der Waals surface area contributed by atoms with Gasteiger partial charge in [0, 0.05) is 7.05 Å². The molecule has 0 amide bonds. The Balaban J connectivity index is 1.91. The largest absolute Gasteiger partial charge is 0.326 e. The fourth-order valence-electron chi connectivity index (χ4n) is 2.10. The molecule has 2 heterocycles. The molecule has 0 fully saturated rings. The van der Waals surface area contributed by atoms with Crippen molar-refractivity contribution in [3.8, 4) is 0 Å². The molecule has 0 spiro atoms. The number of para-hydroxylation sites is 2. The minimum Gasteiger partial charge on any atom is -0.326 e. The number of benzene rings is 1. The smallest absolute Gasteiger partial charge is 0.274 e. The van der Waals surface area contributed by atoms with Gasteiger partial charge in [0.2, 0.25) is 5.95 Å². The molecular weight excluding hydrogens is 282 g/mol. The highest BCUT2D eigenvalue weighted by molar-refractivity contribution is 5.98. The van der Waals surface area contributed by atoms with E-state index in [0.717, 1.165) is 16.9 Å². The molecule has 22 heavy (non-hydrogen) atoms. The third-order valence-corrected chi connectivity index (χ3v) is 3.30. The van der Waals surface area contributed by atoms with E-state index < -0.39 is 0 Å². The fourth-order valence-corrected chi connectivity index (χ4v) is 2.10. The number of fused-ring (bicyclic) bond motifs is 1. The zero-order chi connectivity index (χ0) is 15.7. The number of nitrogens with one attached hydrogen (secondary N) is 2. The van der Waals surface area contributed by atoms with E-state index in [-0.39, 0.29) is 11.5 Å². The van der Waals surface area contributed by atoms with Crippen LogP contribution in [0.25, 0.3) is 11.0 Å². The Labute approximate surface area is 125 Å². The summed E-state index contributed by atoms with van der Waals surface area (Å²) in [5, 5.41) is 11.8. The van der Waals surface area contributed by atoms with Gasteiger partial charge in [-0.05, 0) is 26.0 Å². The Bertz CT molecular complexity index is 922. The summed E-state index contributed by atoms with van der Waals surface area (Å²) in [5.74, 6) is 0.921. The second-order valence-electron chi connectivity index (χ2n) is 4.88. The van der Waals surface area contributed by atoms with Crippen molar-refractivity contribution in [3.05, 3.63) is 46.1 Å². The summed E-state index contributed by atoms with van der Waals surface area (Å²) >= 11 is 0. The van der Waals surface area contributed by atoms with Crippen molar-refractivity contribution in [2.45, 2.75) is 13.8 Å². The average molecular weight is 297 g/mol. The van der Waals surface area contributed by atoms with Crippen LogP contribution in [0.15, 0.2) is 34.2 Å². The number of hydrogen-bond donors (Lipinski definition) is 2. The van der Waals surface area contributed by atoms with E-state index in [1.807, 2.05) is 42.8 Å². The van der Waals surface area contributed by atoms with Crippen LogP contribution in [-0.4, -0.2) is 30.4 Å². The van der Waals surface area contributed by atoms with Crippen molar-refractivity contribution in [3.63, 3.8) is 0 Å². The van der Waals surface area contributed by atoms with Crippen molar-refractivity contribution < 1.29 is 0 Å². The van der Waals surface area contributed by atoms with Crippen LogP contribution in [0.1, 0.15) is 18.4 Å². The van der Waals surface area contributed by atoms with Crippen molar-refractivity contribution in [1.29, 1.82) is 0 Å². The first-order chi connectivity index (χ1) is 10.6. The lowest BCUT2D eigenvalue weighted by molar-refractivity contribution is 0.894. The molecule has 0 bridgehead atoms. The molecular formula is C14H15N7O. The Morgan fingerprint density at radius 1 is 1.32 bits per heavy atom. The molecule has 0 saturated carbocycles. The third-order valence-electron chi connectivity index (χ3n) is 3.30. The summed E-state index contributed by atoms with van der Waals surface area (Å²) in [7, 11) is 1.93. The van der Waals surface area contributed by atoms with Crippen LogP contribution >= 0.6 is 0 Å². The van der Waals surface area contributed by atoms with Gasteiger partial charge < -0.3 is 4.57 Å². The predicted octanol–water partition coefficient (Wildman–Crippen LogP) is 1.20. The number of hydrazone groups is 1. The first-order valence-corrected chi connectivity index (χ1v) is 6.72. The van der Waals surface area contributed by atoms with Crippen LogP contribution in [-0.2, 0) is 7.05 Å². The van der Waals surface area contributed by atoms with E-state index in [1.165, 1.54) is 0 Å². The second-order valence-corrected chi connectivity index (χ2v) is 4.88. The van der Waals surface area contributed by atoms with Gasteiger partial charge in [0.1, 0.15) is 11.4 Å². The third kappa shape index (κ3) is 2.46. The van der Waals surface area contributed by atoms with E-state index >= 15 is 0 Å². The first-order valence-electron chi connectivity index (χ1n) is 6.72. The maximum atomic E-state index is 11.5. The van der Waals surface area contributed by atoms with Gasteiger partial charge in [-0.1, -0.05) is 12.1 Å². The molecule has 3 aromatic rings. The Morgan fingerprint density at radius 3 is 2.82 bits per heavy atom. The maximum absolute atomic E-state index is 11.5. The quantitative estimate of drug-likeness (QED) is 0.558. The highest BCUT2D eigenvalue weighted by Crippen LogP contribution is 2.14. The van der Waals surface area contributed by atoms with E-state index in [4.69, 9.17) is 0 Å². The summed E-state index contributed by atoms with van der Waals surface area (Å²) in [5.41, 5.74) is 5.29. The summed E-state index contributed by atoms with van der Waals surface area (Å²) in [6.45, 7) is 3.41.